The summed E-state index contributed by atoms with van der Waals surface area (Å²) in [5.41, 5.74) is 2.49. The van der Waals surface area contributed by atoms with Crippen molar-refractivity contribution >= 4 is 5.71 Å². The summed E-state index contributed by atoms with van der Waals surface area (Å²) < 4.78 is 11.8. The van der Waals surface area contributed by atoms with Gasteiger partial charge in [-0.1, -0.05) is 10.3 Å². The molecule has 0 aromatic carbocycles. The van der Waals surface area contributed by atoms with Crippen LogP contribution in [0.2, 0.25) is 0 Å². The van der Waals surface area contributed by atoms with Gasteiger partial charge in [0.2, 0.25) is 5.66 Å². The van der Waals surface area contributed by atoms with Crippen LogP contribution >= 0.6 is 0 Å². The molecule has 2 aliphatic heterocycles. The molecule has 1 aromatic rings. The van der Waals surface area contributed by atoms with Gasteiger partial charge in [0, 0.05) is 32.4 Å². The Morgan fingerprint density at radius 1 is 1.23 bits per heavy atom. The average Bonchev–Trinajstić information content (AvgIpc) is 3.24. The van der Waals surface area contributed by atoms with Crippen molar-refractivity contribution in [3.05, 3.63) is 16.6 Å². The number of ether oxygens (including phenoxy) is 1. The van der Waals surface area contributed by atoms with Gasteiger partial charge in [-0.15, -0.1) is 0 Å². The first kappa shape index (κ1) is 13.0. The minimum atomic E-state index is -0.385. The van der Waals surface area contributed by atoms with Crippen molar-refractivity contribution in [1.82, 2.24) is 15.2 Å². The summed E-state index contributed by atoms with van der Waals surface area (Å²) in [5, 5.41) is 21.5. The molecule has 3 atom stereocenters. The van der Waals surface area contributed by atoms with Crippen LogP contribution in [0, 0.1) is 11.1 Å². The van der Waals surface area contributed by atoms with Gasteiger partial charge in [-0.25, -0.2) is 9.53 Å². The number of fused-ring (bicyclic) bond motifs is 5. The van der Waals surface area contributed by atoms with Crippen LogP contribution in [0.25, 0.3) is 0 Å². The zero-order valence-corrected chi connectivity index (χ0v) is 12.5. The number of hydrogen-bond acceptors (Lipinski definition) is 6. The molecule has 118 valence electrons. The Balaban J connectivity index is 1.63. The summed E-state index contributed by atoms with van der Waals surface area (Å²) in [4.78, 5) is 2.37. The maximum absolute atomic E-state index is 13.3. The van der Waals surface area contributed by atoms with Crippen LogP contribution in [0.4, 0.5) is 0 Å². The first-order valence-electron chi connectivity index (χ1n) is 8.29. The van der Waals surface area contributed by atoms with Crippen molar-refractivity contribution in [2.24, 2.45) is 5.92 Å². The number of morpholine rings is 1. The predicted molar refractivity (Wildman–Crippen MR) is 76.5 cm³/mol. The lowest BCUT2D eigenvalue weighted by molar-refractivity contribution is -0.583. The van der Waals surface area contributed by atoms with Crippen molar-refractivity contribution in [2.45, 2.75) is 43.7 Å². The molecule has 0 radical (unpaired) electrons. The molecule has 2 aliphatic carbocycles. The van der Waals surface area contributed by atoms with Gasteiger partial charge in [-0.05, 0) is 12.8 Å². The Hall–Kier alpha value is -1.47. The predicted octanol–water partition coefficient (Wildman–Crippen LogP) is 0.893. The van der Waals surface area contributed by atoms with Gasteiger partial charge >= 0.3 is 0 Å². The lowest BCUT2D eigenvalue weighted by atomic mass is 9.77. The van der Waals surface area contributed by atoms with E-state index in [4.69, 9.17) is 9.37 Å². The molecule has 4 aliphatic rings. The highest BCUT2D eigenvalue weighted by atomic mass is 16.6. The molecule has 0 amide bonds. The minimum absolute atomic E-state index is 0.109. The van der Waals surface area contributed by atoms with E-state index in [1.54, 1.807) is 0 Å². The van der Waals surface area contributed by atoms with Crippen LogP contribution in [-0.4, -0.2) is 57.6 Å². The third-order valence-electron chi connectivity index (χ3n) is 6.08. The van der Waals surface area contributed by atoms with Gasteiger partial charge in [0.25, 0.3) is 0 Å². The van der Waals surface area contributed by atoms with Crippen molar-refractivity contribution in [1.29, 1.82) is 0 Å². The minimum Gasteiger partial charge on any atom is -0.622 e. The van der Waals surface area contributed by atoms with Crippen LogP contribution in [0.3, 0.4) is 0 Å². The highest BCUT2D eigenvalue weighted by Gasteiger charge is 2.66. The molecule has 2 fully saturated rings. The van der Waals surface area contributed by atoms with Gasteiger partial charge in [-0.3, -0.25) is 0 Å². The van der Waals surface area contributed by atoms with E-state index >= 15 is 0 Å². The number of aryl methyl sites for hydroxylation is 1. The fourth-order valence-electron chi connectivity index (χ4n) is 5.24. The third kappa shape index (κ3) is 1.46. The van der Waals surface area contributed by atoms with Crippen LogP contribution in [0.5, 0.6) is 0 Å². The molecule has 0 N–H and O–H groups in total. The standard InChI is InChI=1S/C15H20N4O3/c20-19-12-4-3-11-14(17-22-16-11)13(12)10-2-1-5-15(10,19)18-6-8-21-9-7-18/h10,13H,1-9H2/t10-,13+,15+/m0/s1. The highest BCUT2D eigenvalue weighted by molar-refractivity contribution is 5.90. The first-order valence-corrected chi connectivity index (χ1v) is 8.29. The summed E-state index contributed by atoms with van der Waals surface area (Å²) in [6.07, 6.45) is 4.69. The summed E-state index contributed by atoms with van der Waals surface area (Å²) in [6, 6.07) is 0. The summed E-state index contributed by atoms with van der Waals surface area (Å²) in [6.45, 7) is 3.14. The number of hydroxylamine groups is 1. The van der Waals surface area contributed by atoms with E-state index in [9.17, 15) is 5.21 Å². The Morgan fingerprint density at radius 3 is 2.95 bits per heavy atom. The molecule has 0 spiro atoms. The fraction of sp³-hybridized carbons (Fsp3) is 0.800. The molecule has 1 aromatic heterocycles. The molecule has 22 heavy (non-hydrogen) atoms. The molecule has 0 unspecified atom stereocenters. The molecule has 3 heterocycles. The molecule has 7 heteroatoms. The van der Waals surface area contributed by atoms with E-state index in [1.165, 1.54) is 4.74 Å². The van der Waals surface area contributed by atoms with E-state index in [1.807, 2.05) is 0 Å². The summed E-state index contributed by atoms with van der Waals surface area (Å²) in [7, 11) is 0. The van der Waals surface area contributed by atoms with Crippen LogP contribution in [0.15, 0.2) is 4.63 Å². The second kappa shape index (κ2) is 4.52. The SMILES string of the molecule is [O-][N+]1=C2CCc3nonc3[C@@H]2[C@@H]2CCC[C@]21N1CCOCC1. The zero-order valence-electron chi connectivity index (χ0n) is 12.5. The number of rotatable bonds is 1. The van der Waals surface area contributed by atoms with E-state index in [0.29, 0.717) is 5.92 Å². The summed E-state index contributed by atoms with van der Waals surface area (Å²) >= 11 is 0. The maximum Gasteiger partial charge on any atom is 0.233 e. The normalized spacial score (nSPS) is 38.0. The number of aromatic nitrogens is 2. The quantitative estimate of drug-likeness (QED) is 0.566. The van der Waals surface area contributed by atoms with Gasteiger partial charge < -0.3 is 9.94 Å². The van der Waals surface area contributed by atoms with Gasteiger partial charge in [-0.2, -0.15) is 4.74 Å². The Bertz CT molecular complexity index is 636. The lowest BCUT2D eigenvalue weighted by Crippen LogP contribution is -2.59. The van der Waals surface area contributed by atoms with Gasteiger partial charge in [0.15, 0.2) is 5.71 Å². The van der Waals surface area contributed by atoms with Gasteiger partial charge in [0.1, 0.15) is 11.4 Å². The molecular formula is C15H20N4O3. The first-order chi connectivity index (χ1) is 10.8. The van der Waals surface area contributed by atoms with E-state index in [-0.39, 0.29) is 11.6 Å². The Morgan fingerprint density at radius 2 is 2.09 bits per heavy atom. The molecule has 0 bridgehead atoms. The smallest absolute Gasteiger partial charge is 0.233 e. The van der Waals surface area contributed by atoms with E-state index in [0.717, 1.165) is 75.5 Å². The third-order valence-corrected chi connectivity index (χ3v) is 6.08. The molecule has 5 rings (SSSR count). The largest absolute Gasteiger partial charge is 0.622 e. The molecule has 1 saturated heterocycles. The monoisotopic (exact) mass is 304 g/mol. The second-order valence-electron chi connectivity index (χ2n) is 6.84. The lowest BCUT2D eigenvalue weighted by Gasteiger charge is -2.41. The van der Waals surface area contributed by atoms with Crippen LogP contribution in [0.1, 0.15) is 43.0 Å². The second-order valence-corrected chi connectivity index (χ2v) is 6.84. The Labute approximate surface area is 128 Å². The van der Waals surface area contributed by atoms with E-state index < -0.39 is 0 Å². The van der Waals surface area contributed by atoms with Crippen molar-refractivity contribution < 1.29 is 14.1 Å². The summed E-state index contributed by atoms with van der Waals surface area (Å²) in [5.74, 6) is 0.418. The van der Waals surface area contributed by atoms with Crippen LogP contribution in [-0.2, 0) is 11.2 Å². The number of hydrogen-bond donors (Lipinski definition) is 0. The highest BCUT2D eigenvalue weighted by Crippen LogP contribution is 2.54. The number of nitrogens with zero attached hydrogens (tertiary/aromatic N) is 4. The fourth-order valence-corrected chi connectivity index (χ4v) is 5.24. The maximum atomic E-state index is 13.3. The van der Waals surface area contributed by atoms with Crippen molar-refractivity contribution in [3.8, 4) is 0 Å². The molecular weight excluding hydrogens is 284 g/mol. The van der Waals surface area contributed by atoms with Gasteiger partial charge in [0.05, 0.1) is 25.0 Å². The van der Waals surface area contributed by atoms with Crippen molar-refractivity contribution in [2.75, 3.05) is 26.3 Å². The van der Waals surface area contributed by atoms with E-state index in [2.05, 4.69) is 15.2 Å². The van der Waals surface area contributed by atoms with Crippen molar-refractivity contribution in [3.63, 3.8) is 0 Å². The molecule has 1 saturated carbocycles. The van der Waals surface area contributed by atoms with Crippen LogP contribution < -0.4 is 0 Å². The average molecular weight is 304 g/mol. The molecule has 7 nitrogen and oxygen atoms in total. The Kier molecular flexibility index (Phi) is 2.67. The topological polar surface area (TPSA) is 77.5 Å². The zero-order chi connectivity index (χ0) is 14.7.